The molecule has 0 radical (unpaired) electrons. The van der Waals surface area contributed by atoms with Crippen molar-refractivity contribution in [2.24, 2.45) is 0 Å². The number of para-hydroxylation sites is 1. The summed E-state index contributed by atoms with van der Waals surface area (Å²) >= 11 is 0. The third-order valence-corrected chi connectivity index (χ3v) is 8.99. The smallest absolute Gasteiger partial charge is 0.253 e. The number of aromatic nitrogens is 1. The van der Waals surface area contributed by atoms with Crippen LogP contribution in [0.25, 0.3) is 10.9 Å². The average Bonchev–Trinajstić information content (AvgIpc) is 3.20. The number of hydrogen-bond donors (Lipinski definition) is 0. The van der Waals surface area contributed by atoms with Gasteiger partial charge in [-0.15, -0.1) is 0 Å². The van der Waals surface area contributed by atoms with Gasteiger partial charge in [-0.3, -0.25) is 14.7 Å². The van der Waals surface area contributed by atoms with Gasteiger partial charge in [-0.2, -0.15) is 4.31 Å². The van der Waals surface area contributed by atoms with Crippen molar-refractivity contribution in [3.05, 3.63) is 71.9 Å². The lowest BCUT2D eigenvalue weighted by Crippen LogP contribution is -2.48. The molecule has 0 bridgehead atoms. The summed E-state index contributed by atoms with van der Waals surface area (Å²) < 4.78 is 27.6. The van der Waals surface area contributed by atoms with Gasteiger partial charge in [-0.05, 0) is 48.7 Å². The predicted octanol–water partition coefficient (Wildman–Crippen LogP) is 3.76. The predicted molar refractivity (Wildman–Crippen MR) is 137 cm³/mol. The maximum absolute atomic E-state index is 13.1. The number of fused-ring (bicyclic) bond motifs is 1. The molecule has 2 fully saturated rings. The summed E-state index contributed by atoms with van der Waals surface area (Å²) in [6.45, 7) is 4.81. The van der Waals surface area contributed by atoms with E-state index in [1.165, 1.54) is 5.56 Å². The van der Waals surface area contributed by atoms with Crippen LogP contribution >= 0.6 is 0 Å². The van der Waals surface area contributed by atoms with E-state index in [2.05, 4.69) is 34.1 Å². The minimum absolute atomic E-state index is 0.0461. The number of benzene rings is 2. The first-order valence-electron chi connectivity index (χ1n) is 12.5. The second-order valence-corrected chi connectivity index (χ2v) is 11.3. The van der Waals surface area contributed by atoms with Crippen LogP contribution in [0.4, 0.5) is 0 Å². The van der Waals surface area contributed by atoms with Crippen LogP contribution in [0.15, 0.2) is 65.7 Å². The molecule has 1 aromatic heterocycles. The number of sulfonamides is 1. The Morgan fingerprint density at radius 3 is 2.20 bits per heavy atom. The Labute approximate surface area is 207 Å². The molecule has 2 aliphatic heterocycles. The van der Waals surface area contributed by atoms with Crippen LogP contribution in [0.5, 0.6) is 0 Å². The largest absolute Gasteiger partial charge is 0.336 e. The van der Waals surface area contributed by atoms with Crippen molar-refractivity contribution in [2.75, 3.05) is 39.3 Å². The zero-order valence-electron chi connectivity index (χ0n) is 20.0. The van der Waals surface area contributed by atoms with Gasteiger partial charge in [-0.25, -0.2) is 8.42 Å². The Kier molecular flexibility index (Phi) is 7.13. The molecule has 2 aromatic carbocycles. The summed E-state index contributed by atoms with van der Waals surface area (Å²) in [7, 11) is -3.51. The fourth-order valence-electron chi connectivity index (χ4n) is 5.03. The molecule has 3 heterocycles. The fourth-order valence-corrected chi connectivity index (χ4v) is 6.55. The molecule has 2 aliphatic rings. The molecule has 0 aliphatic carbocycles. The molecule has 35 heavy (non-hydrogen) atoms. The highest BCUT2D eigenvalue weighted by Gasteiger charge is 2.26. The first-order valence-corrected chi connectivity index (χ1v) is 13.9. The Hall–Kier alpha value is -2.81. The summed E-state index contributed by atoms with van der Waals surface area (Å²) in [5, 5.41) is 1.14. The van der Waals surface area contributed by atoms with E-state index in [9.17, 15) is 13.2 Å². The lowest BCUT2D eigenvalue weighted by atomic mass is 10.1. The maximum Gasteiger partial charge on any atom is 0.253 e. The van der Waals surface area contributed by atoms with Crippen LogP contribution in [0.2, 0.25) is 0 Å². The van der Waals surface area contributed by atoms with E-state index >= 15 is 0 Å². The molecule has 5 rings (SSSR count). The average molecular weight is 493 g/mol. The number of carbonyl (C=O) groups excluding carboxylic acids is 1. The Bertz CT molecular complexity index is 1270. The Morgan fingerprint density at radius 1 is 0.800 bits per heavy atom. The molecular formula is C27H32N4O3S. The quantitative estimate of drug-likeness (QED) is 0.542. The van der Waals surface area contributed by atoms with Crippen molar-refractivity contribution in [3.63, 3.8) is 0 Å². The van der Waals surface area contributed by atoms with Gasteiger partial charge in [0.2, 0.25) is 10.0 Å². The Balaban J connectivity index is 1.20. The number of carbonyl (C=O) groups is 1. The molecule has 0 unspecified atom stereocenters. The van der Waals surface area contributed by atoms with Crippen LogP contribution in [0, 0.1) is 0 Å². The lowest BCUT2D eigenvalue weighted by Gasteiger charge is -2.35. The van der Waals surface area contributed by atoms with Crippen LogP contribution < -0.4 is 0 Å². The van der Waals surface area contributed by atoms with E-state index in [1.807, 2.05) is 17.2 Å². The van der Waals surface area contributed by atoms with E-state index in [1.54, 1.807) is 28.6 Å². The number of hydrogen-bond acceptors (Lipinski definition) is 5. The number of amides is 1. The van der Waals surface area contributed by atoms with Crippen molar-refractivity contribution in [3.8, 4) is 0 Å². The zero-order chi connectivity index (χ0) is 24.3. The minimum Gasteiger partial charge on any atom is -0.336 e. The Morgan fingerprint density at radius 2 is 1.49 bits per heavy atom. The second-order valence-electron chi connectivity index (χ2n) is 9.40. The summed E-state index contributed by atoms with van der Waals surface area (Å²) in [6, 6.07) is 16.8. The summed E-state index contributed by atoms with van der Waals surface area (Å²) in [6.07, 6.45) is 5.78. The highest BCUT2D eigenvalue weighted by molar-refractivity contribution is 7.89. The topological polar surface area (TPSA) is 73.8 Å². The normalized spacial score (nSPS) is 18.5. The fraction of sp³-hybridized carbons (Fsp3) is 0.407. The van der Waals surface area contributed by atoms with Crippen LogP contribution in [-0.2, 0) is 16.6 Å². The van der Waals surface area contributed by atoms with Gasteiger partial charge in [-0.1, -0.05) is 37.1 Å². The molecule has 1 amide bonds. The lowest BCUT2D eigenvalue weighted by molar-refractivity contribution is 0.0628. The molecule has 7 nitrogen and oxygen atoms in total. The zero-order valence-corrected chi connectivity index (χ0v) is 20.8. The molecule has 3 aromatic rings. The van der Waals surface area contributed by atoms with Crippen molar-refractivity contribution in [1.82, 2.24) is 19.1 Å². The minimum atomic E-state index is -3.51. The van der Waals surface area contributed by atoms with Gasteiger partial charge in [0.25, 0.3) is 5.91 Å². The van der Waals surface area contributed by atoms with E-state index < -0.39 is 10.0 Å². The number of pyridine rings is 1. The standard InChI is InChI=1S/C27H32N4O3S/c32-27(23-10-12-25(13-11-23)35(33,34)31-15-3-1-2-4-16-31)30-19-17-29(18-20-30)21-24-8-5-7-22-9-6-14-28-26(22)24/h5-14H,1-4,15-21H2. The SMILES string of the molecule is O=C(c1ccc(S(=O)(=O)N2CCCCCC2)cc1)N1CCN(Cc2cccc3cccnc23)CC1. The van der Waals surface area contributed by atoms with Gasteiger partial charge in [0.05, 0.1) is 10.4 Å². The molecule has 0 saturated carbocycles. The van der Waals surface area contributed by atoms with Gasteiger partial charge >= 0.3 is 0 Å². The van der Waals surface area contributed by atoms with E-state index in [0.717, 1.165) is 56.2 Å². The van der Waals surface area contributed by atoms with Crippen molar-refractivity contribution in [2.45, 2.75) is 37.1 Å². The highest BCUT2D eigenvalue weighted by atomic mass is 32.2. The van der Waals surface area contributed by atoms with Crippen LogP contribution in [0.1, 0.15) is 41.6 Å². The van der Waals surface area contributed by atoms with Crippen molar-refractivity contribution >= 4 is 26.8 Å². The molecule has 0 N–H and O–H groups in total. The number of nitrogens with zero attached hydrogens (tertiary/aromatic N) is 4. The van der Waals surface area contributed by atoms with E-state index in [4.69, 9.17) is 0 Å². The molecule has 184 valence electrons. The van der Waals surface area contributed by atoms with E-state index in [0.29, 0.717) is 31.7 Å². The van der Waals surface area contributed by atoms with Gasteiger partial charge in [0.1, 0.15) is 0 Å². The first kappa shape index (κ1) is 23.9. The third-order valence-electron chi connectivity index (χ3n) is 7.07. The third kappa shape index (κ3) is 5.24. The molecule has 2 saturated heterocycles. The first-order chi connectivity index (χ1) is 17.0. The van der Waals surface area contributed by atoms with Crippen LogP contribution in [0.3, 0.4) is 0 Å². The summed E-state index contributed by atoms with van der Waals surface area (Å²) in [5.41, 5.74) is 2.76. The molecule has 0 atom stereocenters. The van der Waals surface area contributed by atoms with Crippen molar-refractivity contribution < 1.29 is 13.2 Å². The van der Waals surface area contributed by atoms with E-state index in [-0.39, 0.29) is 10.8 Å². The van der Waals surface area contributed by atoms with Gasteiger partial charge in [0, 0.05) is 63.0 Å². The summed E-state index contributed by atoms with van der Waals surface area (Å²) in [4.78, 5) is 22.1. The molecule has 0 spiro atoms. The van der Waals surface area contributed by atoms with Gasteiger partial charge < -0.3 is 4.90 Å². The second kappa shape index (κ2) is 10.4. The maximum atomic E-state index is 13.1. The summed E-state index contributed by atoms with van der Waals surface area (Å²) in [5.74, 6) is -0.0461. The van der Waals surface area contributed by atoms with Crippen molar-refractivity contribution in [1.29, 1.82) is 0 Å². The highest BCUT2D eigenvalue weighted by Crippen LogP contribution is 2.22. The number of piperazine rings is 1. The van der Waals surface area contributed by atoms with Crippen LogP contribution in [-0.4, -0.2) is 72.7 Å². The van der Waals surface area contributed by atoms with Gasteiger partial charge in [0.15, 0.2) is 0 Å². The molecular weight excluding hydrogens is 460 g/mol. The molecule has 8 heteroatoms. The number of rotatable bonds is 5. The monoisotopic (exact) mass is 492 g/mol.